The molecule has 0 spiro atoms. The fourth-order valence-corrected chi connectivity index (χ4v) is 2.76. The highest BCUT2D eigenvalue weighted by Gasteiger charge is 2.08. The highest BCUT2D eigenvalue weighted by molar-refractivity contribution is 5.96. The zero-order valence-electron chi connectivity index (χ0n) is 17.5. The molecule has 0 heterocycles. The Hall–Kier alpha value is -3.33. The third kappa shape index (κ3) is 6.08. The number of aliphatic imine (C=N–C) groups is 1. The molecule has 0 bridgehead atoms. The van der Waals surface area contributed by atoms with Crippen molar-refractivity contribution in [3.05, 3.63) is 101 Å². The molecule has 0 aliphatic rings. The predicted molar refractivity (Wildman–Crippen MR) is 120 cm³/mol. The first-order valence-electron chi connectivity index (χ1n) is 9.86. The highest BCUT2D eigenvalue weighted by atomic mass is 16.5. The van der Waals surface area contributed by atoms with Gasteiger partial charge in [0.25, 0.3) is 0 Å². The number of hydrogen-bond acceptors (Lipinski definition) is 3. The van der Waals surface area contributed by atoms with Gasteiger partial charge in [-0.3, -0.25) is 0 Å². The Kier molecular flexibility index (Phi) is 6.85. The third-order valence-electron chi connectivity index (χ3n) is 4.48. The monoisotopic (exact) mass is 385 g/mol. The average Bonchev–Trinajstić information content (AvgIpc) is 2.73. The fraction of sp³-hybridized carbons (Fsp3) is 0.192. The summed E-state index contributed by atoms with van der Waals surface area (Å²) in [5, 5.41) is 0. The van der Waals surface area contributed by atoms with Crippen molar-refractivity contribution in [1.82, 2.24) is 0 Å². The fourth-order valence-electron chi connectivity index (χ4n) is 2.76. The summed E-state index contributed by atoms with van der Waals surface area (Å²) in [6, 6.07) is 24.0. The van der Waals surface area contributed by atoms with Gasteiger partial charge in [-0.1, -0.05) is 48.9 Å². The van der Waals surface area contributed by atoms with E-state index in [1.54, 1.807) is 6.26 Å². The second-order valence-electron chi connectivity index (χ2n) is 7.09. The van der Waals surface area contributed by atoms with Crippen LogP contribution < -0.4 is 9.47 Å². The van der Waals surface area contributed by atoms with Crippen molar-refractivity contribution < 1.29 is 9.47 Å². The van der Waals surface area contributed by atoms with Crippen LogP contribution in [-0.2, 0) is 6.42 Å². The van der Waals surface area contributed by atoms with Crippen molar-refractivity contribution in [2.45, 2.75) is 34.1 Å². The van der Waals surface area contributed by atoms with E-state index in [9.17, 15) is 0 Å². The molecule has 3 nitrogen and oxygen atoms in total. The van der Waals surface area contributed by atoms with Crippen molar-refractivity contribution in [1.29, 1.82) is 0 Å². The summed E-state index contributed by atoms with van der Waals surface area (Å²) >= 11 is 0. The lowest BCUT2D eigenvalue weighted by Gasteiger charge is -2.11. The maximum atomic E-state index is 6.17. The van der Waals surface area contributed by atoms with E-state index in [1.165, 1.54) is 11.1 Å². The van der Waals surface area contributed by atoms with Crippen molar-refractivity contribution >= 4 is 11.6 Å². The van der Waals surface area contributed by atoms with Gasteiger partial charge in [0.05, 0.1) is 11.9 Å². The average molecular weight is 386 g/mol. The summed E-state index contributed by atoms with van der Waals surface area (Å²) in [7, 11) is 0. The molecule has 0 aromatic heterocycles. The molecule has 0 N–H and O–H groups in total. The first-order valence-corrected chi connectivity index (χ1v) is 9.86. The van der Waals surface area contributed by atoms with Gasteiger partial charge < -0.3 is 9.47 Å². The SMILES string of the molecule is CCc1cccc(OC(=Nc2ccc(C)cc2)C(C)=COc2cccc(C)c2)c1. The second kappa shape index (κ2) is 9.74. The van der Waals surface area contributed by atoms with E-state index in [2.05, 4.69) is 19.9 Å². The van der Waals surface area contributed by atoms with Crippen molar-refractivity contribution in [2.24, 2.45) is 4.99 Å². The van der Waals surface area contributed by atoms with E-state index in [-0.39, 0.29) is 0 Å². The quantitative estimate of drug-likeness (QED) is 0.261. The minimum absolute atomic E-state index is 0.509. The molecular formula is C26H27NO2. The molecular weight excluding hydrogens is 358 g/mol. The van der Waals surface area contributed by atoms with Crippen LogP contribution in [0.1, 0.15) is 30.5 Å². The van der Waals surface area contributed by atoms with E-state index in [0.29, 0.717) is 5.90 Å². The number of benzene rings is 3. The highest BCUT2D eigenvalue weighted by Crippen LogP contribution is 2.20. The minimum Gasteiger partial charge on any atom is -0.465 e. The van der Waals surface area contributed by atoms with Crippen LogP contribution in [0.15, 0.2) is 89.6 Å². The Morgan fingerprint density at radius 1 is 0.862 bits per heavy atom. The molecule has 0 atom stereocenters. The Bertz CT molecular complexity index is 1020. The molecule has 148 valence electrons. The van der Waals surface area contributed by atoms with E-state index in [1.807, 2.05) is 80.6 Å². The van der Waals surface area contributed by atoms with Gasteiger partial charge in [-0.15, -0.1) is 0 Å². The lowest BCUT2D eigenvalue weighted by molar-refractivity contribution is 0.473. The molecule has 0 radical (unpaired) electrons. The maximum absolute atomic E-state index is 6.17. The van der Waals surface area contributed by atoms with Crippen LogP contribution in [0, 0.1) is 13.8 Å². The second-order valence-corrected chi connectivity index (χ2v) is 7.09. The summed E-state index contributed by atoms with van der Waals surface area (Å²) in [6.45, 7) is 8.16. The van der Waals surface area contributed by atoms with Crippen LogP contribution >= 0.6 is 0 Å². The molecule has 0 saturated heterocycles. The zero-order chi connectivity index (χ0) is 20.6. The lowest BCUT2D eigenvalue weighted by Crippen LogP contribution is -2.11. The van der Waals surface area contributed by atoms with E-state index in [0.717, 1.165) is 34.7 Å². The van der Waals surface area contributed by atoms with Crippen LogP contribution in [0.5, 0.6) is 11.5 Å². The molecule has 29 heavy (non-hydrogen) atoms. The van der Waals surface area contributed by atoms with Gasteiger partial charge >= 0.3 is 0 Å². The summed E-state index contributed by atoms with van der Waals surface area (Å²) in [4.78, 5) is 4.73. The molecule has 3 aromatic rings. The predicted octanol–water partition coefficient (Wildman–Crippen LogP) is 6.96. The van der Waals surface area contributed by atoms with Crippen molar-refractivity contribution in [3.63, 3.8) is 0 Å². The summed E-state index contributed by atoms with van der Waals surface area (Å²) in [5.74, 6) is 2.06. The van der Waals surface area contributed by atoms with E-state index >= 15 is 0 Å². The van der Waals surface area contributed by atoms with Crippen LogP contribution in [0.2, 0.25) is 0 Å². The molecule has 3 rings (SSSR count). The normalized spacial score (nSPS) is 12.0. The van der Waals surface area contributed by atoms with Gasteiger partial charge in [0.2, 0.25) is 5.90 Å². The molecule has 0 amide bonds. The van der Waals surface area contributed by atoms with E-state index in [4.69, 9.17) is 14.5 Å². The molecule has 0 saturated carbocycles. The van der Waals surface area contributed by atoms with Crippen molar-refractivity contribution in [3.8, 4) is 11.5 Å². The minimum atomic E-state index is 0.509. The van der Waals surface area contributed by atoms with Gasteiger partial charge in [-0.05, 0) is 74.7 Å². The van der Waals surface area contributed by atoms with Gasteiger partial charge in [0.15, 0.2) is 0 Å². The largest absolute Gasteiger partial charge is 0.465 e. The summed E-state index contributed by atoms with van der Waals surface area (Å²) in [5.41, 5.74) is 5.19. The Labute approximate surface area is 173 Å². The Morgan fingerprint density at radius 2 is 1.59 bits per heavy atom. The number of hydrogen-bond donors (Lipinski definition) is 0. The Balaban J connectivity index is 1.90. The zero-order valence-corrected chi connectivity index (χ0v) is 17.5. The van der Waals surface area contributed by atoms with Crippen LogP contribution in [0.25, 0.3) is 0 Å². The van der Waals surface area contributed by atoms with Gasteiger partial charge in [-0.25, -0.2) is 4.99 Å². The smallest absolute Gasteiger partial charge is 0.225 e. The van der Waals surface area contributed by atoms with Crippen molar-refractivity contribution in [2.75, 3.05) is 0 Å². The topological polar surface area (TPSA) is 30.8 Å². The number of rotatable bonds is 6. The molecule has 0 aliphatic carbocycles. The first-order chi connectivity index (χ1) is 14.0. The van der Waals surface area contributed by atoms with Crippen LogP contribution in [-0.4, -0.2) is 5.90 Å². The number of ether oxygens (including phenoxy) is 2. The lowest BCUT2D eigenvalue weighted by atomic mass is 10.2. The van der Waals surface area contributed by atoms with Gasteiger partial charge in [0, 0.05) is 5.57 Å². The standard InChI is InChI=1S/C26H27NO2/c1-5-22-9-7-11-25(17-22)29-26(27-23-14-12-19(2)13-15-23)21(4)18-28-24-10-6-8-20(3)16-24/h6-18H,5H2,1-4H3. The molecule has 3 heteroatoms. The number of nitrogens with zero attached hydrogens (tertiary/aromatic N) is 1. The molecule has 0 fully saturated rings. The Morgan fingerprint density at radius 3 is 2.31 bits per heavy atom. The first kappa shape index (κ1) is 20.4. The van der Waals surface area contributed by atoms with Crippen LogP contribution in [0.4, 0.5) is 5.69 Å². The summed E-state index contributed by atoms with van der Waals surface area (Å²) in [6.07, 6.45) is 2.64. The molecule has 0 aliphatic heterocycles. The van der Waals surface area contributed by atoms with Gasteiger partial charge in [0.1, 0.15) is 11.5 Å². The maximum Gasteiger partial charge on any atom is 0.225 e. The third-order valence-corrected chi connectivity index (χ3v) is 4.48. The van der Waals surface area contributed by atoms with Gasteiger partial charge in [-0.2, -0.15) is 0 Å². The summed E-state index contributed by atoms with van der Waals surface area (Å²) < 4.78 is 12.0. The molecule has 3 aromatic carbocycles. The number of aryl methyl sites for hydroxylation is 3. The van der Waals surface area contributed by atoms with E-state index < -0.39 is 0 Å². The molecule has 0 unspecified atom stereocenters. The van der Waals surface area contributed by atoms with Crippen LogP contribution in [0.3, 0.4) is 0 Å².